The summed E-state index contributed by atoms with van der Waals surface area (Å²) in [6, 6.07) is 0.641. The Balaban J connectivity index is 2.30. The second-order valence-electron chi connectivity index (χ2n) is 4.88. The number of ether oxygens (including phenoxy) is 1. The highest BCUT2D eigenvalue weighted by molar-refractivity contribution is 4.92. The van der Waals surface area contributed by atoms with Crippen LogP contribution in [0.25, 0.3) is 0 Å². The van der Waals surface area contributed by atoms with Crippen LogP contribution in [0.15, 0.2) is 0 Å². The summed E-state index contributed by atoms with van der Waals surface area (Å²) >= 11 is 0. The molecule has 0 aromatic rings. The Morgan fingerprint density at radius 2 is 2.00 bits per heavy atom. The van der Waals surface area contributed by atoms with Gasteiger partial charge >= 0.3 is 0 Å². The molecule has 0 aliphatic heterocycles. The first-order valence-corrected chi connectivity index (χ1v) is 5.92. The summed E-state index contributed by atoms with van der Waals surface area (Å²) < 4.78 is 5.59. The Kier molecular flexibility index (Phi) is 4.39. The molecule has 0 radical (unpaired) electrons. The molecule has 0 amide bonds. The lowest BCUT2D eigenvalue weighted by molar-refractivity contribution is -0.0715. The fourth-order valence-corrected chi connectivity index (χ4v) is 2.19. The minimum Gasteiger partial charge on any atom is -0.377 e. The van der Waals surface area contributed by atoms with Crippen LogP contribution < -0.4 is 5.32 Å². The fourth-order valence-electron chi connectivity index (χ4n) is 2.19. The zero-order chi connectivity index (χ0) is 10.6. The third kappa shape index (κ3) is 2.71. The molecule has 0 heterocycles. The third-order valence-corrected chi connectivity index (χ3v) is 3.63. The number of hydrogen-bond donors (Lipinski definition) is 1. The van der Waals surface area contributed by atoms with Gasteiger partial charge in [0.1, 0.15) is 0 Å². The van der Waals surface area contributed by atoms with E-state index in [1.165, 1.54) is 25.7 Å². The van der Waals surface area contributed by atoms with Gasteiger partial charge in [-0.1, -0.05) is 20.8 Å². The van der Waals surface area contributed by atoms with Crippen LogP contribution in [0.2, 0.25) is 0 Å². The van der Waals surface area contributed by atoms with Crippen molar-refractivity contribution in [1.29, 1.82) is 0 Å². The maximum atomic E-state index is 5.59. The van der Waals surface area contributed by atoms with Crippen LogP contribution in [0.4, 0.5) is 0 Å². The van der Waals surface area contributed by atoms with Crippen LogP contribution in [0.3, 0.4) is 0 Å². The van der Waals surface area contributed by atoms with Crippen molar-refractivity contribution >= 4 is 0 Å². The average Bonchev–Trinajstić information content (AvgIpc) is 2.09. The van der Waals surface area contributed by atoms with E-state index in [0.717, 1.165) is 6.54 Å². The van der Waals surface area contributed by atoms with Gasteiger partial charge in [0, 0.05) is 19.7 Å². The van der Waals surface area contributed by atoms with Crippen molar-refractivity contribution in [3.05, 3.63) is 0 Å². The first kappa shape index (κ1) is 12.0. The lowest BCUT2D eigenvalue weighted by Gasteiger charge is -2.42. The molecule has 1 atom stereocenters. The van der Waals surface area contributed by atoms with Crippen LogP contribution in [-0.4, -0.2) is 25.3 Å². The van der Waals surface area contributed by atoms with Crippen molar-refractivity contribution in [3.63, 3.8) is 0 Å². The van der Waals surface area contributed by atoms with E-state index in [1.807, 2.05) is 7.11 Å². The number of methoxy groups -OCH3 is 1. The van der Waals surface area contributed by atoms with E-state index in [9.17, 15) is 0 Å². The Hall–Kier alpha value is -0.0800. The highest BCUT2D eigenvalue weighted by Gasteiger charge is 2.37. The Labute approximate surface area is 88.4 Å². The van der Waals surface area contributed by atoms with Crippen LogP contribution in [0.1, 0.15) is 46.5 Å². The minimum atomic E-state index is 0.169. The van der Waals surface area contributed by atoms with Crippen molar-refractivity contribution in [2.75, 3.05) is 13.7 Å². The van der Waals surface area contributed by atoms with Gasteiger partial charge < -0.3 is 10.1 Å². The van der Waals surface area contributed by atoms with E-state index in [1.54, 1.807) is 0 Å². The number of hydrogen-bond acceptors (Lipinski definition) is 2. The topological polar surface area (TPSA) is 21.3 Å². The number of rotatable bonds is 6. The molecular formula is C12H25NO. The van der Waals surface area contributed by atoms with Crippen molar-refractivity contribution in [2.24, 2.45) is 5.92 Å². The molecule has 0 spiro atoms. The highest BCUT2D eigenvalue weighted by Crippen LogP contribution is 2.34. The van der Waals surface area contributed by atoms with Gasteiger partial charge in [0.2, 0.25) is 0 Å². The van der Waals surface area contributed by atoms with Crippen molar-refractivity contribution < 1.29 is 4.74 Å². The van der Waals surface area contributed by atoms with Gasteiger partial charge in [-0.3, -0.25) is 0 Å². The van der Waals surface area contributed by atoms with Gasteiger partial charge in [-0.2, -0.15) is 0 Å². The van der Waals surface area contributed by atoms with Gasteiger partial charge in [-0.25, -0.2) is 0 Å². The zero-order valence-electron chi connectivity index (χ0n) is 10.1. The van der Waals surface area contributed by atoms with Gasteiger partial charge in [0.05, 0.1) is 5.60 Å². The smallest absolute Gasteiger partial charge is 0.0802 e. The molecule has 1 N–H and O–H groups in total. The second-order valence-corrected chi connectivity index (χ2v) is 4.88. The molecule has 1 aliphatic carbocycles. The monoisotopic (exact) mass is 199 g/mol. The molecule has 1 unspecified atom stereocenters. The summed E-state index contributed by atoms with van der Waals surface area (Å²) in [5, 5.41) is 3.64. The minimum absolute atomic E-state index is 0.169. The lowest BCUT2D eigenvalue weighted by Crippen LogP contribution is -2.51. The first-order chi connectivity index (χ1) is 6.63. The highest BCUT2D eigenvalue weighted by atomic mass is 16.5. The fraction of sp³-hybridized carbons (Fsp3) is 1.00. The summed E-state index contributed by atoms with van der Waals surface area (Å²) in [6.07, 6.45) is 4.99. The van der Waals surface area contributed by atoms with Crippen LogP contribution in [0, 0.1) is 5.92 Å². The quantitative estimate of drug-likeness (QED) is 0.710. The number of nitrogens with one attached hydrogen (secondary N) is 1. The Morgan fingerprint density at radius 3 is 2.29 bits per heavy atom. The summed E-state index contributed by atoms with van der Waals surface area (Å²) in [6.45, 7) is 7.83. The molecular weight excluding hydrogens is 174 g/mol. The van der Waals surface area contributed by atoms with Crippen molar-refractivity contribution in [3.8, 4) is 0 Å². The van der Waals surface area contributed by atoms with E-state index in [2.05, 4.69) is 26.1 Å². The summed E-state index contributed by atoms with van der Waals surface area (Å²) in [5.74, 6) is 0.717. The standard InChI is InChI=1S/C12H25NO/c1-5-11(10(2)3)13-9-12(14-4)7-6-8-12/h10-11,13H,5-9H2,1-4H3. The molecule has 1 rings (SSSR count). The Morgan fingerprint density at radius 1 is 1.36 bits per heavy atom. The molecule has 0 saturated heterocycles. The molecule has 0 bridgehead atoms. The maximum Gasteiger partial charge on any atom is 0.0802 e. The predicted molar refractivity (Wildman–Crippen MR) is 60.5 cm³/mol. The van der Waals surface area contributed by atoms with Gasteiger partial charge in [0.15, 0.2) is 0 Å². The van der Waals surface area contributed by atoms with E-state index >= 15 is 0 Å². The van der Waals surface area contributed by atoms with E-state index in [-0.39, 0.29) is 5.60 Å². The summed E-state index contributed by atoms with van der Waals surface area (Å²) in [4.78, 5) is 0. The van der Waals surface area contributed by atoms with Crippen molar-refractivity contribution in [2.45, 2.75) is 58.1 Å². The second kappa shape index (κ2) is 5.13. The van der Waals surface area contributed by atoms with E-state index in [0.29, 0.717) is 12.0 Å². The molecule has 0 aromatic carbocycles. The normalized spacial score (nSPS) is 22.1. The van der Waals surface area contributed by atoms with Gasteiger partial charge in [-0.15, -0.1) is 0 Å². The molecule has 1 aliphatic rings. The summed E-state index contributed by atoms with van der Waals surface area (Å²) in [5.41, 5.74) is 0.169. The maximum absolute atomic E-state index is 5.59. The molecule has 1 fully saturated rings. The average molecular weight is 199 g/mol. The van der Waals surface area contributed by atoms with Crippen LogP contribution in [0.5, 0.6) is 0 Å². The molecule has 1 saturated carbocycles. The first-order valence-electron chi connectivity index (χ1n) is 5.92. The largest absolute Gasteiger partial charge is 0.377 e. The molecule has 2 heteroatoms. The molecule has 84 valence electrons. The van der Waals surface area contributed by atoms with E-state index < -0.39 is 0 Å². The van der Waals surface area contributed by atoms with Crippen LogP contribution in [-0.2, 0) is 4.74 Å². The predicted octanol–water partition coefficient (Wildman–Crippen LogP) is 2.58. The summed E-state index contributed by atoms with van der Waals surface area (Å²) in [7, 11) is 1.84. The molecule has 2 nitrogen and oxygen atoms in total. The molecule has 14 heavy (non-hydrogen) atoms. The SMILES string of the molecule is CCC(NCC1(OC)CCC1)C(C)C. The van der Waals surface area contributed by atoms with E-state index in [4.69, 9.17) is 4.74 Å². The molecule has 0 aromatic heterocycles. The third-order valence-electron chi connectivity index (χ3n) is 3.63. The Bertz CT molecular complexity index is 158. The van der Waals surface area contributed by atoms with Gasteiger partial charge in [-0.05, 0) is 31.6 Å². The van der Waals surface area contributed by atoms with Gasteiger partial charge in [0.25, 0.3) is 0 Å². The van der Waals surface area contributed by atoms with Crippen molar-refractivity contribution in [1.82, 2.24) is 5.32 Å². The lowest BCUT2D eigenvalue weighted by atomic mass is 9.79. The van der Waals surface area contributed by atoms with Crippen LogP contribution >= 0.6 is 0 Å². The zero-order valence-corrected chi connectivity index (χ0v) is 10.1.